The topological polar surface area (TPSA) is 75.4 Å². The van der Waals surface area contributed by atoms with Gasteiger partial charge in [-0.1, -0.05) is 12.1 Å². The number of benzene rings is 1. The van der Waals surface area contributed by atoms with Gasteiger partial charge in [0, 0.05) is 18.6 Å². The number of para-hydroxylation sites is 1. The van der Waals surface area contributed by atoms with E-state index in [1.54, 1.807) is 12.1 Å². The molecule has 1 aliphatic carbocycles. The standard InChI is InChI=1S/C15H25N3O2S/c1-12(2)17-21(19,20)15-7-4-3-6-14(15)18(11-5-10-16)13-8-9-13/h3-4,6-7,12-13,17H,5,8-11,16H2,1-2H3. The first-order chi connectivity index (χ1) is 9.95. The van der Waals surface area contributed by atoms with Gasteiger partial charge >= 0.3 is 0 Å². The van der Waals surface area contributed by atoms with Gasteiger partial charge < -0.3 is 10.6 Å². The van der Waals surface area contributed by atoms with Crippen LogP contribution in [0.25, 0.3) is 0 Å². The molecule has 5 nitrogen and oxygen atoms in total. The summed E-state index contributed by atoms with van der Waals surface area (Å²) in [6, 6.07) is 7.56. The van der Waals surface area contributed by atoms with Crippen LogP contribution in [0.1, 0.15) is 33.1 Å². The van der Waals surface area contributed by atoms with Crippen LogP contribution in [0.4, 0.5) is 5.69 Å². The van der Waals surface area contributed by atoms with Gasteiger partial charge in [0.05, 0.1) is 5.69 Å². The summed E-state index contributed by atoms with van der Waals surface area (Å²) in [6.45, 7) is 5.07. The predicted octanol–water partition coefficient (Wildman–Crippen LogP) is 1.69. The first-order valence-electron chi connectivity index (χ1n) is 7.54. The van der Waals surface area contributed by atoms with Gasteiger partial charge in [-0.05, 0) is 51.8 Å². The van der Waals surface area contributed by atoms with E-state index in [0.717, 1.165) is 31.5 Å². The summed E-state index contributed by atoms with van der Waals surface area (Å²) in [5.41, 5.74) is 6.40. The van der Waals surface area contributed by atoms with E-state index in [9.17, 15) is 8.42 Å². The second kappa shape index (κ2) is 6.77. The number of anilines is 1. The summed E-state index contributed by atoms with van der Waals surface area (Å²) < 4.78 is 27.7. The molecule has 1 saturated carbocycles. The van der Waals surface area contributed by atoms with Crippen LogP contribution in [0.2, 0.25) is 0 Å². The van der Waals surface area contributed by atoms with Crippen molar-refractivity contribution in [1.29, 1.82) is 0 Å². The highest BCUT2D eigenvalue weighted by Crippen LogP contribution is 2.35. The molecule has 2 rings (SSSR count). The van der Waals surface area contributed by atoms with Crippen molar-refractivity contribution in [2.45, 2.75) is 50.1 Å². The molecule has 0 bridgehead atoms. The van der Waals surface area contributed by atoms with Crippen molar-refractivity contribution in [3.63, 3.8) is 0 Å². The fraction of sp³-hybridized carbons (Fsp3) is 0.600. The van der Waals surface area contributed by atoms with Crippen LogP contribution in [0.3, 0.4) is 0 Å². The van der Waals surface area contributed by atoms with Crippen LogP contribution in [0, 0.1) is 0 Å². The second-order valence-electron chi connectivity index (χ2n) is 5.81. The summed E-state index contributed by atoms with van der Waals surface area (Å²) >= 11 is 0. The number of rotatable bonds is 8. The van der Waals surface area contributed by atoms with Gasteiger partial charge in [0.2, 0.25) is 10.0 Å². The Bertz CT molecular complexity index is 568. The van der Waals surface area contributed by atoms with E-state index in [-0.39, 0.29) is 6.04 Å². The van der Waals surface area contributed by atoms with Crippen LogP contribution in [-0.4, -0.2) is 33.6 Å². The Labute approximate surface area is 127 Å². The van der Waals surface area contributed by atoms with E-state index < -0.39 is 10.0 Å². The fourth-order valence-electron chi connectivity index (χ4n) is 2.44. The molecule has 1 fully saturated rings. The van der Waals surface area contributed by atoms with Gasteiger partial charge in [0.15, 0.2) is 0 Å². The molecule has 1 aromatic rings. The minimum Gasteiger partial charge on any atom is -0.367 e. The van der Waals surface area contributed by atoms with Gasteiger partial charge in [-0.25, -0.2) is 13.1 Å². The first-order valence-corrected chi connectivity index (χ1v) is 9.02. The van der Waals surface area contributed by atoms with Crippen molar-refractivity contribution in [3.8, 4) is 0 Å². The van der Waals surface area contributed by atoms with Crippen molar-refractivity contribution in [2.75, 3.05) is 18.0 Å². The highest BCUT2D eigenvalue weighted by atomic mass is 32.2. The van der Waals surface area contributed by atoms with Crippen molar-refractivity contribution < 1.29 is 8.42 Å². The Kier molecular flexibility index (Phi) is 5.24. The Balaban J connectivity index is 2.35. The molecule has 21 heavy (non-hydrogen) atoms. The largest absolute Gasteiger partial charge is 0.367 e. The van der Waals surface area contributed by atoms with E-state index in [4.69, 9.17) is 5.73 Å². The zero-order valence-corrected chi connectivity index (χ0v) is 13.6. The maximum absolute atomic E-state index is 12.5. The quantitative estimate of drug-likeness (QED) is 0.766. The molecule has 0 radical (unpaired) electrons. The molecule has 0 unspecified atom stereocenters. The Morgan fingerprint density at radius 1 is 1.33 bits per heavy atom. The highest BCUT2D eigenvalue weighted by molar-refractivity contribution is 7.89. The van der Waals surface area contributed by atoms with Crippen LogP contribution in [0.15, 0.2) is 29.2 Å². The van der Waals surface area contributed by atoms with E-state index in [1.807, 2.05) is 26.0 Å². The van der Waals surface area contributed by atoms with E-state index in [0.29, 0.717) is 17.5 Å². The fourth-order valence-corrected chi connectivity index (χ4v) is 3.91. The third-order valence-electron chi connectivity index (χ3n) is 3.45. The molecule has 3 N–H and O–H groups in total. The lowest BCUT2D eigenvalue weighted by Crippen LogP contribution is -2.34. The molecule has 0 saturated heterocycles. The lowest BCUT2D eigenvalue weighted by molar-refractivity contribution is 0.569. The van der Waals surface area contributed by atoms with Crippen molar-refractivity contribution in [1.82, 2.24) is 4.72 Å². The lowest BCUT2D eigenvalue weighted by atomic mass is 10.2. The number of hydrogen-bond donors (Lipinski definition) is 2. The van der Waals surface area contributed by atoms with E-state index in [2.05, 4.69) is 9.62 Å². The normalized spacial score (nSPS) is 15.4. The maximum atomic E-state index is 12.5. The van der Waals surface area contributed by atoms with Crippen molar-refractivity contribution in [2.24, 2.45) is 5.73 Å². The van der Waals surface area contributed by atoms with E-state index >= 15 is 0 Å². The molecule has 1 aliphatic rings. The average Bonchev–Trinajstić information content (AvgIpc) is 3.23. The third kappa shape index (κ3) is 4.18. The van der Waals surface area contributed by atoms with Crippen LogP contribution < -0.4 is 15.4 Å². The molecule has 0 spiro atoms. The minimum atomic E-state index is -3.49. The number of hydrogen-bond acceptors (Lipinski definition) is 4. The molecular formula is C15H25N3O2S. The monoisotopic (exact) mass is 311 g/mol. The lowest BCUT2D eigenvalue weighted by Gasteiger charge is -2.27. The van der Waals surface area contributed by atoms with E-state index in [1.165, 1.54) is 0 Å². The summed E-state index contributed by atoms with van der Waals surface area (Å²) in [5, 5.41) is 0. The Morgan fingerprint density at radius 3 is 2.57 bits per heavy atom. The molecule has 6 heteroatoms. The number of sulfonamides is 1. The molecule has 0 aromatic heterocycles. The molecule has 0 heterocycles. The smallest absolute Gasteiger partial charge is 0.242 e. The third-order valence-corrected chi connectivity index (χ3v) is 5.15. The van der Waals surface area contributed by atoms with Crippen LogP contribution in [-0.2, 0) is 10.0 Å². The van der Waals surface area contributed by atoms with Gasteiger partial charge in [-0.15, -0.1) is 0 Å². The average molecular weight is 311 g/mol. The van der Waals surface area contributed by atoms with Crippen molar-refractivity contribution in [3.05, 3.63) is 24.3 Å². The number of nitrogens with zero attached hydrogens (tertiary/aromatic N) is 1. The Hall–Kier alpha value is -1.11. The number of nitrogens with one attached hydrogen (secondary N) is 1. The Morgan fingerprint density at radius 2 is 2.00 bits per heavy atom. The highest BCUT2D eigenvalue weighted by Gasteiger charge is 2.32. The summed E-state index contributed by atoms with van der Waals surface area (Å²) in [5.74, 6) is 0. The van der Waals surface area contributed by atoms with Gasteiger partial charge in [-0.3, -0.25) is 0 Å². The van der Waals surface area contributed by atoms with Crippen molar-refractivity contribution >= 4 is 15.7 Å². The van der Waals surface area contributed by atoms with Gasteiger partial charge in [0.1, 0.15) is 4.90 Å². The van der Waals surface area contributed by atoms with Gasteiger partial charge in [-0.2, -0.15) is 0 Å². The van der Waals surface area contributed by atoms with Crippen LogP contribution in [0.5, 0.6) is 0 Å². The SMILES string of the molecule is CC(C)NS(=O)(=O)c1ccccc1N(CCCN)C1CC1. The maximum Gasteiger partial charge on any atom is 0.242 e. The zero-order chi connectivity index (χ0) is 15.5. The molecule has 1 aromatic carbocycles. The number of nitrogens with two attached hydrogens (primary N) is 1. The zero-order valence-electron chi connectivity index (χ0n) is 12.7. The molecule has 0 aliphatic heterocycles. The second-order valence-corrected chi connectivity index (χ2v) is 7.49. The summed E-state index contributed by atoms with van der Waals surface area (Å²) in [7, 11) is -3.49. The summed E-state index contributed by atoms with van der Waals surface area (Å²) in [4.78, 5) is 2.56. The van der Waals surface area contributed by atoms with Crippen LogP contribution >= 0.6 is 0 Å². The van der Waals surface area contributed by atoms with Gasteiger partial charge in [0.25, 0.3) is 0 Å². The molecule has 0 atom stereocenters. The first kappa shape index (κ1) is 16.3. The minimum absolute atomic E-state index is 0.124. The molecule has 0 amide bonds. The summed E-state index contributed by atoms with van der Waals surface area (Å²) in [6.07, 6.45) is 3.11. The predicted molar refractivity (Wildman–Crippen MR) is 85.9 cm³/mol. The molecule has 118 valence electrons. The molecular weight excluding hydrogens is 286 g/mol.